The number of aryl methyl sites for hydroxylation is 1. The van der Waals surface area contributed by atoms with Gasteiger partial charge < -0.3 is 14.6 Å². The lowest BCUT2D eigenvalue weighted by molar-refractivity contribution is -0.148. The van der Waals surface area contributed by atoms with Gasteiger partial charge in [-0.2, -0.15) is 13.2 Å². The van der Waals surface area contributed by atoms with Crippen LogP contribution < -0.4 is 4.74 Å². The van der Waals surface area contributed by atoms with E-state index in [4.69, 9.17) is 9.47 Å². The number of ether oxygens (including phenoxy) is 2. The summed E-state index contributed by atoms with van der Waals surface area (Å²) in [7, 11) is -1.40. The molecule has 0 bridgehead atoms. The van der Waals surface area contributed by atoms with E-state index in [2.05, 4.69) is 39.6 Å². The van der Waals surface area contributed by atoms with Gasteiger partial charge in [-0.1, -0.05) is 19.6 Å². The zero-order chi connectivity index (χ0) is 28.3. The fraction of sp³-hybridized carbons (Fsp3) is 0.480. The number of rotatable bonds is 11. The maximum Gasteiger partial charge on any atom is 0.433 e. The molecule has 0 saturated carbocycles. The first kappa shape index (κ1) is 29.2. The van der Waals surface area contributed by atoms with Gasteiger partial charge in [-0.25, -0.2) is 15.0 Å². The number of pyridine rings is 1. The van der Waals surface area contributed by atoms with Crippen molar-refractivity contribution in [2.45, 2.75) is 59.4 Å². The molecule has 3 aromatic heterocycles. The molecule has 3 heterocycles. The van der Waals surface area contributed by atoms with Gasteiger partial charge in [0.05, 0.1) is 29.7 Å². The summed E-state index contributed by atoms with van der Waals surface area (Å²) >= 11 is 0. The van der Waals surface area contributed by atoms with Gasteiger partial charge in [0.25, 0.3) is 0 Å². The summed E-state index contributed by atoms with van der Waals surface area (Å²) < 4.78 is 52.9. The minimum absolute atomic E-state index is 0.00372. The number of alkyl halides is 3. The van der Waals surface area contributed by atoms with Gasteiger partial charge in [0.15, 0.2) is 5.82 Å². The van der Waals surface area contributed by atoms with Gasteiger partial charge >= 0.3 is 12.1 Å². The molecule has 0 unspecified atom stereocenters. The van der Waals surface area contributed by atoms with Crippen LogP contribution in [0.4, 0.5) is 13.2 Å². The maximum atomic E-state index is 13.6. The number of nitrogens with zero attached hydrogens (tertiary/aromatic N) is 5. The molecule has 0 fully saturated rings. The van der Waals surface area contributed by atoms with E-state index in [1.807, 2.05) is 6.92 Å². The van der Waals surface area contributed by atoms with Gasteiger partial charge in [0.2, 0.25) is 5.88 Å². The molecule has 0 aliphatic rings. The standard InChI is InChI=1S/C25H32F3N5O4Si/c1-16-9-21(37-14-24(2,3)23(34)35)31-10-17(16)18-11-30-19(12-29-18)22-32-13-20(25(26,27)28)33(22)15-36-7-8-38(4,5)6/h9-13H,7-8,14-15H2,1-6H3,(H,34,35). The number of hydrogen-bond acceptors (Lipinski definition) is 7. The van der Waals surface area contributed by atoms with Crippen molar-refractivity contribution in [3.05, 3.63) is 42.1 Å². The van der Waals surface area contributed by atoms with Gasteiger partial charge in [-0.05, 0) is 32.4 Å². The first-order chi connectivity index (χ1) is 17.6. The van der Waals surface area contributed by atoms with Crippen molar-refractivity contribution >= 4 is 14.0 Å². The molecular weight excluding hydrogens is 519 g/mol. The smallest absolute Gasteiger partial charge is 0.433 e. The first-order valence-electron chi connectivity index (χ1n) is 11.9. The van der Waals surface area contributed by atoms with E-state index in [1.165, 1.54) is 18.6 Å². The Labute approximate surface area is 220 Å². The third-order valence-electron chi connectivity index (χ3n) is 5.77. The van der Waals surface area contributed by atoms with Crippen molar-refractivity contribution in [3.63, 3.8) is 0 Å². The Kier molecular flexibility index (Phi) is 8.61. The predicted octanol–water partition coefficient (Wildman–Crippen LogP) is 5.53. The Balaban J connectivity index is 1.80. The van der Waals surface area contributed by atoms with E-state index >= 15 is 0 Å². The van der Waals surface area contributed by atoms with Gasteiger partial charge in [0, 0.05) is 32.5 Å². The van der Waals surface area contributed by atoms with E-state index in [1.54, 1.807) is 19.9 Å². The SMILES string of the molecule is Cc1cc(OCC(C)(C)C(=O)O)ncc1-c1cnc(-c2ncc(C(F)(F)F)n2COCC[Si](C)(C)C)cn1. The monoisotopic (exact) mass is 551 g/mol. The number of aromatic nitrogens is 5. The maximum absolute atomic E-state index is 13.6. The molecule has 38 heavy (non-hydrogen) atoms. The van der Waals surface area contributed by atoms with Crippen molar-refractivity contribution in [3.8, 4) is 28.7 Å². The number of carbonyl (C=O) groups is 1. The number of halogens is 3. The number of carboxylic acids is 1. The average molecular weight is 552 g/mol. The van der Waals surface area contributed by atoms with Crippen LogP contribution in [0.5, 0.6) is 5.88 Å². The fourth-order valence-electron chi connectivity index (χ4n) is 3.25. The Hall–Kier alpha value is -3.32. The lowest BCUT2D eigenvalue weighted by atomic mass is 9.95. The summed E-state index contributed by atoms with van der Waals surface area (Å²) in [6, 6.07) is 2.48. The number of imidazole rings is 1. The molecule has 3 rings (SSSR count). The van der Waals surface area contributed by atoms with E-state index in [9.17, 15) is 23.1 Å². The molecule has 3 aromatic rings. The molecule has 206 valence electrons. The van der Waals surface area contributed by atoms with Crippen LogP contribution in [0, 0.1) is 12.3 Å². The van der Waals surface area contributed by atoms with Crippen LogP contribution in [0.3, 0.4) is 0 Å². The molecule has 0 atom stereocenters. The molecule has 0 radical (unpaired) electrons. The Morgan fingerprint density at radius 2 is 1.68 bits per heavy atom. The average Bonchev–Trinajstić information content (AvgIpc) is 3.25. The summed E-state index contributed by atoms with van der Waals surface area (Å²) in [4.78, 5) is 28.1. The molecule has 9 nitrogen and oxygen atoms in total. The Bertz CT molecular complexity index is 1270. The van der Waals surface area contributed by atoms with Crippen molar-refractivity contribution in [1.29, 1.82) is 0 Å². The molecule has 0 amide bonds. The third-order valence-corrected chi connectivity index (χ3v) is 7.47. The van der Waals surface area contributed by atoms with Crippen LogP contribution in [0.15, 0.2) is 30.9 Å². The van der Waals surface area contributed by atoms with Crippen molar-refractivity contribution in [2.75, 3.05) is 13.2 Å². The fourth-order valence-corrected chi connectivity index (χ4v) is 4.00. The molecule has 0 spiro atoms. The van der Waals surface area contributed by atoms with Crippen LogP contribution in [-0.4, -0.2) is 56.9 Å². The highest BCUT2D eigenvalue weighted by molar-refractivity contribution is 6.76. The topological polar surface area (TPSA) is 112 Å². The van der Waals surface area contributed by atoms with E-state index in [0.29, 0.717) is 17.9 Å². The van der Waals surface area contributed by atoms with Crippen LogP contribution in [0.25, 0.3) is 22.8 Å². The second kappa shape index (κ2) is 11.2. The lowest BCUT2D eigenvalue weighted by Gasteiger charge is -2.19. The normalized spacial score (nSPS) is 12.6. The third kappa shape index (κ3) is 7.38. The van der Waals surface area contributed by atoms with Crippen LogP contribution >= 0.6 is 0 Å². The predicted molar refractivity (Wildman–Crippen MR) is 137 cm³/mol. The van der Waals surface area contributed by atoms with E-state index in [-0.39, 0.29) is 30.7 Å². The summed E-state index contributed by atoms with van der Waals surface area (Å²) in [5, 5.41) is 9.23. The number of hydrogen-bond donors (Lipinski definition) is 1. The zero-order valence-corrected chi connectivity index (χ0v) is 23.3. The zero-order valence-electron chi connectivity index (χ0n) is 22.3. The van der Waals surface area contributed by atoms with Crippen molar-refractivity contribution < 1.29 is 32.5 Å². The van der Waals surface area contributed by atoms with Gasteiger partial charge in [-0.3, -0.25) is 14.3 Å². The second-order valence-electron chi connectivity index (χ2n) is 10.8. The Morgan fingerprint density at radius 1 is 1.03 bits per heavy atom. The highest BCUT2D eigenvalue weighted by Gasteiger charge is 2.36. The molecule has 0 aromatic carbocycles. The second-order valence-corrected chi connectivity index (χ2v) is 16.5. The van der Waals surface area contributed by atoms with Crippen LogP contribution in [0.1, 0.15) is 25.1 Å². The minimum Gasteiger partial charge on any atom is -0.481 e. The lowest BCUT2D eigenvalue weighted by Crippen LogP contribution is -2.30. The largest absolute Gasteiger partial charge is 0.481 e. The minimum atomic E-state index is -4.60. The molecule has 1 N–H and O–H groups in total. The molecule has 0 aliphatic carbocycles. The highest BCUT2D eigenvalue weighted by atomic mass is 28.3. The Morgan fingerprint density at radius 3 is 2.24 bits per heavy atom. The van der Waals surface area contributed by atoms with Gasteiger partial charge in [0.1, 0.15) is 24.7 Å². The molecular formula is C25H32F3N5O4Si. The van der Waals surface area contributed by atoms with Crippen molar-refractivity contribution in [1.82, 2.24) is 24.5 Å². The number of aliphatic carboxylic acids is 1. The molecule has 0 saturated heterocycles. The quantitative estimate of drug-likeness (QED) is 0.245. The van der Waals surface area contributed by atoms with E-state index in [0.717, 1.165) is 22.4 Å². The van der Waals surface area contributed by atoms with Crippen LogP contribution in [-0.2, 0) is 22.4 Å². The molecule has 0 aliphatic heterocycles. The summed E-state index contributed by atoms with van der Waals surface area (Å²) in [5.74, 6) is -0.715. The summed E-state index contributed by atoms with van der Waals surface area (Å²) in [6.07, 6.45) is 0.483. The number of carboxylic acid groups (broad SMARTS) is 1. The first-order valence-corrected chi connectivity index (χ1v) is 15.7. The van der Waals surface area contributed by atoms with Gasteiger partial charge in [-0.15, -0.1) is 0 Å². The summed E-state index contributed by atoms with van der Waals surface area (Å²) in [6.45, 7) is 11.4. The van der Waals surface area contributed by atoms with E-state index < -0.39 is 31.3 Å². The van der Waals surface area contributed by atoms with Crippen LogP contribution in [0.2, 0.25) is 25.7 Å². The molecule has 13 heteroatoms. The highest BCUT2D eigenvalue weighted by Crippen LogP contribution is 2.33. The van der Waals surface area contributed by atoms with Crippen molar-refractivity contribution in [2.24, 2.45) is 5.41 Å². The summed E-state index contributed by atoms with van der Waals surface area (Å²) in [5.41, 5.74) is 0.0149.